The molecule has 7 nitrogen and oxygen atoms in total. The van der Waals surface area contributed by atoms with Gasteiger partial charge in [-0.25, -0.2) is 0 Å². The molecule has 0 saturated carbocycles. The zero-order valence-electron chi connectivity index (χ0n) is 14.0. The summed E-state index contributed by atoms with van der Waals surface area (Å²) in [6.07, 6.45) is 0.183. The van der Waals surface area contributed by atoms with Crippen molar-refractivity contribution in [2.75, 3.05) is 13.1 Å². The largest absolute Gasteiger partial charge is 0.462 e. The Labute approximate surface area is 153 Å². The van der Waals surface area contributed by atoms with E-state index in [4.69, 9.17) is 4.74 Å². The fourth-order valence-corrected chi connectivity index (χ4v) is 2.79. The molecule has 0 aromatic heterocycles. The van der Waals surface area contributed by atoms with Crippen molar-refractivity contribution in [2.24, 2.45) is 0 Å². The van der Waals surface area contributed by atoms with Crippen molar-refractivity contribution in [3.63, 3.8) is 0 Å². The third-order valence-electron chi connectivity index (χ3n) is 3.52. The minimum Gasteiger partial charge on any atom is -0.462 e. The maximum atomic E-state index is 12.3. The molecule has 1 N–H and O–H groups in total. The highest BCUT2D eigenvalue weighted by Gasteiger charge is 2.35. The second-order valence-electron chi connectivity index (χ2n) is 5.87. The van der Waals surface area contributed by atoms with Gasteiger partial charge >= 0.3 is 5.97 Å². The number of fused-ring (bicyclic) bond motifs is 1. The van der Waals surface area contributed by atoms with Crippen molar-refractivity contribution in [2.45, 2.75) is 32.8 Å². The number of ether oxygens (including phenoxy) is 1. The van der Waals surface area contributed by atoms with Gasteiger partial charge < -0.3 is 10.1 Å². The average molecular weight is 411 g/mol. The molecule has 3 amide bonds. The predicted octanol–water partition coefficient (Wildman–Crippen LogP) is 1.89. The van der Waals surface area contributed by atoms with Crippen LogP contribution in [0.4, 0.5) is 0 Å². The Bertz CT molecular complexity index is 717. The van der Waals surface area contributed by atoms with Crippen LogP contribution >= 0.6 is 15.9 Å². The first-order chi connectivity index (χ1) is 11.8. The summed E-state index contributed by atoms with van der Waals surface area (Å²) in [5, 5.41) is 2.45. The summed E-state index contributed by atoms with van der Waals surface area (Å²) in [5.74, 6) is -1.55. The summed E-state index contributed by atoms with van der Waals surface area (Å²) in [4.78, 5) is 48.7. The maximum Gasteiger partial charge on any atom is 0.325 e. The number of nitrogens with zero attached hydrogens (tertiary/aromatic N) is 1. The van der Waals surface area contributed by atoms with Crippen molar-refractivity contribution < 1.29 is 23.9 Å². The van der Waals surface area contributed by atoms with Crippen LogP contribution in [-0.2, 0) is 14.3 Å². The number of carbonyl (C=O) groups excluding carboxylic acids is 4. The molecule has 0 atom stereocenters. The minimum atomic E-state index is -0.505. The molecule has 0 radical (unpaired) electrons. The van der Waals surface area contributed by atoms with Crippen molar-refractivity contribution >= 4 is 39.6 Å². The number of esters is 1. The molecule has 1 aromatic carbocycles. The summed E-state index contributed by atoms with van der Waals surface area (Å²) in [5.41, 5.74) is 0.731. The number of rotatable bonds is 7. The number of hydrogen-bond donors (Lipinski definition) is 1. The highest BCUT2D eigenvalue weighted by molar-refractivity contribution is 9.10. The second-order valence-corrected chi connectivity index (χ2v) is 6.79. The molecule has 8 heteroatoms. The van der Waals surface area contributed by atoms with Gasteiger partial charge in [0.25, 0.3) is 11.8 Å². The van der Waals surface area contributed by atoms with Crippen molar-refractivity contribution in [1.29, 1.82) is 0 Å². The van der Waals surface area contributed by atoms with Crippen molar-refractivity contribution in [3.8, 4) is 0 Å². The van der Waals surface area contributed by atoms with Gasteiger partial charge in [-0.2, -0.15) is 0 Å². The van der Waals surface area contributed by atoms with Crippen molar-refractivity contribution in [1.82, 2.24) is 10.2 Å². The second kappa shape index (κ2) is 8.24. The molecule has 0 unspecified atom stereocenters. The Hall–Kier alpha value is -2.22. The number of carbonyl (C=O) groups is 4. The fourth-order valence-electron chi connectivity index (χ4n) is 2.43. The van der Waals surface area contributed by atoms with Gasteiger partial charge in [-0.3, -0.25) is 24.1 Å². The van der Waals surface area contributed by atoms with Crippen LogP contribution in [0.15, 0.2) is 22.7 Å². The first-order valence-electron chi connectivity index (χ1n) is 7.91. The summed E-state index contributed by atoms with van der Waals surface area (Å²) in [7, 11) is 0. The smallest absolute Gasteiger partial charge is 0.325 e. The zero-order chi connectivity index (χ0) is 18.6. The summed E-state index contributed by atoms with van der Waals surface area (Å²) < 4.78 is 5.63. The van der Waals surface area contributed by atoms with Gasteiger partial charge in [0.1, 0.15) is 6.54 Å². The molecule has 134 valence electrons. The molecule has 0 bridgehead atoms. The van der Waals surface area contributed by atoms with Crippen LogP contribution in [0.5, 0.6) is 0 Å². The summed E-state index contributed by atoms with van der Waals surface area (Å²) >= 11 is 3.27. The van der Waals surface area contributed by atoms with E-state index in [0.717, 1.165) is 9.37 Å². The van der Waals surface area contributed by atoms with Crippen LogP contribution in [0.2, 0.25) is 0 Å². The van der Waals surface area contributed by atoms with Gasteiger partial charge in [-0.1, -0.05) is 15.9 Å². The number of halogens is 1. The Morgan fingerprint density at radius 1 is 1.20 bits per heavy atom. The molecule has 1 heterocycles. The van der Waals surface area contributed by atoms with Crippen LogP contribution in [0.3, 0.4) is 0 Å². The molecule has 25 heavy (non-hydrogen) atoms. The van der Waals surface area contributed by atoms with E-state index in [1.54, 1.807) is 32.0 Å². The van der Waals surface area contributed by atoms with Crippen LogP contribution in [0, 0.1) is 0 Å². The third-order valence-corrected chi connectivity index (χ3v) is 4.01. The van der Waals surface area contributed by atoms with Gasteiger partial charge in [0.05, 0.1) is 17.2 Å². The zero-order valence-corrected chi connectivity index (χ0v) is 15.6. The number of hydrogen-bond acceptors (Lipinski definition) is 5. The highest BCUT2D eigenvalue weighted by atomic mass is 79.9. The number of nitrogens with one attached hydrogen (secondary N) is 1. The Morgan fingerprint density at radius 2 is 1.88 bits per heavy atom. The van der Waals surface area contributed by atoms with Gasteiger partial charge in [-0.05, 0) is 38.5 Å². The molecule has 1 aromatic rings. The number of imide groups is 1. The summed E-state index contributed by atoms with van der Waals surface area (Å²) in [6, 6.07) is 4.92. The molecule has 0 aliphatic carbocycles. The lowest BCUT2D eigenvalue weighted by Crippen LogP contribution is -2.34. The van der Waals surface area contributed by atoms with Gasteiger partial charge in [0, 0.05) is 17.4 Å². The van der Waals surface area contributed by atoms with E-state index in [1.165, 1.54) is 0 Å². The Balaban J connectivity index is 1.79. The Kier molecular flexibility index (Phi) is 6.30. The van der Waals surface area contributed by atoms with Gasteiger partial charge in [0.2, 0.25) is 5.91 Å². The molecule has 0 saturated heterocycles. The average Bonchev–Trinajstić information content (AvgIpc) is 2.76. The van der Waals surface area contributed by atoms with Crippen LogP contribution in [-0.4, -0.2) is 47.8 Å². The summed E-state index contributed by atoms with van der Waals surface area (Å²) in [6.45, 7) is 3.40. The lowest BCUT2D eigenvalue weighted by Gasteiger charge is -2.13. The fraction of sp³-hybridized carbons (Fsp3) is 0.412. The first-order valence-corrected chi connectivity index (χ1v) is 8.71. The lowest BCUT2D eigenvalue weighted by atomic mass is 10.1. The first kappa shape index (κ1) is 19.1. The van der Waals surface area contributed by atoms with Crippen LogP contribution in [0.1, 0.15) is 47.4 Å². The predicted molar refractivity (Wildman–Crippen MR) is 93.0 cm³/mol. The van der Waals surface area contributed by atoms with Crippen LogP contribution < -0.4 is 5.32 Å². The molecular formula is C17H19BrN2O5. The SMILES string of the molecule is CC(C)OC(=O)CNC(=O)CCCN1C(=O)c2ccc(Br)cc2C1=O. The minimum absolute atomic E-state index is 0.103. The molecule has 0 spiro atoms. The van der Waals surface area contributed by atoms with E-state index < -0.39 is 5.97 Å². The quantitative estimate of drug-likeness (QED) is 0.547. The van der Waals surface area contributed by atoms with E-state index >= 15 is 0 Å². The molecule has 0 fully saturated rings. The standard InChI is InChI=1S/C17H19BrN2O5/c1-10(2)25-15(22)9-19-14(21)4-3-7-20-16(23)12-6-5-11(18)8-13(12)17(20)24/h5-6,8,10H,3-4,7,9H2,1-2H3,(H,19,21). The maximum absolute atomic E-state index is 12.3. The topological polar surface area (TPSA) is 92.8 Å². The molecular weight excluding hydrogens is 392 g/mol. The monoisotopic (exact) mass is 410 g/mol. The van der Waals surface area contributed by atoms with Gasteiger partial charge in [0.15, 0.2) is 0 Å². The lowest BCUT2D eigenvalue weighted by molar-refractivity contribution is -0.147. The molecule has 1 aliphatic heterocycles. The van der Waals surface area contributed by atoms with E-state index in [9.17, 15) is 19.2 Å². The molecule has 2 rings (SSSR count). The molecule has 1 aliphatic rings. The number of benzene rings is 1. The van der Waals surface area contributed by atoms with E-state index in [1.807, 2.05) is 0 Å². The van der Waals surface area contributed by atoms with E-state index in [2.05, 4.69) is 21.2 Å². The van der Waals surface area contributed by atoms with E-state index in [0.29, 0.717) is 17.5 Å². The normalized spacial score (nSPS) is 13.2. The Morgan fingerprint density at radius 3 is 2.56 bits per heavy atom. The third kappa shape index (κ3) is 4.88. The van der Waals surface area contributed by atoms with Crippen LogP contribution in [0.25, 0.3) is 0 Å². The van der Waals surface area contributed by atoms with Crippen molar-refractivity contribution in [3.05, 3.63) is 33.8 Å². The highest BCUT2D eigenvalue weighted by Crippen LogP contribution is 2.26. The number of amides is 3. The van der Waals surface area contributed by atoms with Gasteiger partial charge in [-0.15, -0.1) is 0 Å². The van der Waals surface area contributed by atoms with E-state index in [-0.39, 0.29) is 43.3 Å².